The zero-order chi connectivity index (χ0) is 37.7. The largest absolute Gasteiger partial charge is 0.353 e. The number of hydrogen-bond acceptors (Lipinski definition) is 6. The molecule has 0 spiro atoms. The van der Waals surface area contributed by atoms with E-state index in [1.54, 1.807) is 0 Å². The highest BCUT2D eigenvalue weighted by Crippen LogP contribution is 2.69. The van der Waals surface area contributed by atoms with E-state index in [9.17, 15) is 9.59 Å². The third-order valence-electron chi connectivity index (χ3n) is 20.6. The van der Waals surface area contributed by atoms with Gasteiger partial charge in [-0.2, -0.15) is 0 Å². The third kappa shape index (κ3) is 6.26. The summed E-state index contributed by atoms with van der Waals surface area (Å²) in [7, 11) is 0. The smallest absolute Gasteiger partial charge is 0.157 e. The van der Waals surface area contributed by atoms with Gasteiger partial charge in [-0.05, 0) is 204 Å². The maximum absolute atomic E-state index is 14.2. The minimum Gasteiger partial charge on any atom is -0.353 e. The topological polar surface area (TPSA) is 71.1 Å². The minimum atomic E-state index is -0.000537. The van der Waals surface area contributed by atoms with Crippen molar-refractivity contribution in [3.05, 3.63) is 0 Å². The van der Waals surface area contributed by atoms with Crippen LogP contribution in [0.15, 0.2) is 0 Å². The summed E-state index contributed by atoms with van der Waals surface area (Å²) >= 11 is 0. The molecule has 18 atom stereocenters. The van der Waals surface area contributed by atoms with Crippen LogP contribution in [-0.4, -0.2) is 49.6 Å². The first-order valence-electron chi connectivity index (χ1n) is 24.1. The zero-order valence-electron chi connectivity index (χ0n) is 35.2. The summed E-state index contributed by atoms with van der Waals surface area (Å²) in [5.41, 5.74) is 0.929. The van der Waals surface area contributed by atoms with E-state index in [0.717, 1.165) is 81.8 Å². The van der Waals surface area contributed by atoms with Gasteiger partial charge in [-0.3, -0.25) is 9.59 Å². The van der Waals surface area contributed by atoms with E-state index in [4.69, 9.17) is 18.9 Å². The fourth-order valence-electron chi connectivity index (χ4n) is 17.6. The molecule has 10 aliphatic rings. The zero-order valence-corrected chi connectivity index (χ0v) is 35.2. The van der Waals surface area contributed by atoms with Crippen molar-refractivity contribution in [2.45, 2.75) is 200 Å². The van der Waals surface area contributed by atoms with Crippen LogP contribution < -0.4 is 0 Å². The SMILES string of the molecule is CC12CC(CC3CC4(C)C(CCC5C4CCC4(C)C(OC6CCCCO6)CCC54)CC3=O)C(=O)CC1CCC1C2CCC2(C)C(OC3CCCCO3)CCC12. The molecule has 2 saturated heterocycles. The van der Waals surface area contributed by atoms with Crippen molar-refractivity contribution in [1.29, 1.82) is 0 Å². The molecular weight excluding hydrogens is 685 g/mol. The molecule has 2 aliphatic heterocycles. The molecule has 55 heavy (non-hydrogen) atoms. The van der Waals surface area contributed by atoms with E-state index in [-0.39, 0.29) is 46.1 Å². The summed E-state index contributed by atoms with van der Waals surface area (Å²) in [6.45, 7) is 12.0. The standard InChI is InChI=1S/C49H76O6/c1-46-21-19-38-34(36(46)15-17-42(46)54-44-9-5-7-23-52-44)13-11-32-26-40(50)30(28-48(32,38)3)25-31-29-49(4)33(27-41(31)51)12-14-35-37-16-18-43(47(37,2)22-20-39(35)49)55-45-10-6-8-24-53-45/h30-39,42-45H,5-29H2,1-4H3. The van der Waals surface area contributed by atoms with E-state index in [0.29, 0.717) is 47.4 Å². The van der Waals surface area contributed by atoms with Gasteiger partial charge >= 0.3 is 0 Å². The number of hydrogen-bond donors (Lipinski definition) is 0. The molecule has 8 aliphatic carbocycles. The van der Waals surface area contributed by atoms with Crippen LogP contribution in [0, 0.1) is 80.8 Å². The Morgan fingerprint density at radius 1 is 0.509 bits per heavy atom. The Morgan fingerprint density at radius 2 is 0.945 bits per heavy atom. The number of carbonyl (C=O) groups excluding carboxylic acids is 2. The summed E-state index contributed by atoms with van der Waals surface area (Å²) in [6, 6.07) is 0. The quantitative estimate of drug-likeness (QED) is 0.268. The summed E-state index contributed by atoms with van der Waals surface area (Å²) in [5.74, 6) is 6.52. The lowest BCUT2D eigenvalue weighted by molar-refractivity contribution is -0.219. The van der Waals surface area contributed by atoms with Gasteiger partial charge < -0.3 is 18.9 Å². The Kier molecular flexibility index (Phi) is 10.1. The van der Waals surface area contributed by atoms with Gasteiger partial charge in [-0.15, -0.1) is 0 Å². The normalized spacial score (nSPS) is 55.1. The van der Waals surface area contributed by atoms with Crippen LogP contribution in [0.4, 0.5) is 0 Å². The van der Waals surface area contributed by atoms with Crippen molar-refractivity contribution in [2.24, 2.45) is 80.8 Å². The first-order valence-corrected chi connectivity index (χ1v) is 24.1. The molecule has 308 valence electrons. The first kappa shape index (κ1) is 38.4. The number of Topliss-reactive ketones (excluding diaryl/α,β-unsaturated/α-hetero) is 2. The molecule has 0 bridgehead atoms. The van der Waals surface area contributed by atoms with Crippen molar-refractivity contribution in [1.82, 2.24) is 0 Å². The van der Waals surface area contributed by atoms with Crippen molar-refractivity contribution in [3.63, 3.8) is 0 Å². The molecule has 6 heteroatoms. The van der Waals surface area contributed by atoms with E-state index in [1.165, 1.54) is 103 Å². The molecule has 18 unspecified atom stereocenters. The molecule has 0 N–H and O–H groups in total. The van der Waals surface area contributed by atoms with Gasteiger partial charge in [0.2, 0.25) is 0 Å². The monoisotopic (exact) mass is 761 g/mol. The Labute approximate surface area is 333 Å². The van der Waals surface area contributed by atoms with Crippen LogP contribution in [0.3, 0.4) is 0 Å². The summed E-state index contributed by atoms with van der Waals surface area (Å²) in [6.07, 6.45) is 27.0. The Hall–Kier alpha value is -0.820. The van der Waals surface area contributed by atoms with Crippen LogP contribution in [0.1, 0.15) is 175 Å². The lowest BCUT2D eigenvalue weighted by atomic mass is 9.43. The predicted octanol–water partition coefficient (Wildman–Crippen LogP) is 10.9. The maximum atomic E-state index is 14.2. The summed E-state index contributed by atoms with van der Waals surface area (Å²) in [5, 5.41) is 0. The van der Waals surface area contributed by atoms with Gasteiger partial charge in [0, 0.05) is 37.9 Å². The minimum absolute atomic E-state index is 0.000537. The second-order valence-electron chi connectivity index (χ2n) is 22.8. The van der Waals surface area contributed by atoms with Gasteiger partial charge in [-0.1, -0.05) is 27.7 Å². The highest BCUT2D eigenvalue weighted by Gasteiger charge is 2.64. The number of rotatable bonds is 6. The van der Waals surface area contributed by atoms with Gasteiger partial charge in [0.05, 0.1) is 12.2 Å². The van der Waals surface area contributed by atoms with Crippen LogP contribution in [-0.2, 0) is 28.5 Å². The lowest BCUT2D eigenvalue weighted by Crippen LogP contribution is -2.57. The second-order valence-corrected chi connectivity index (χ2v) is 22.8. The van der Waals surface area contributed by atoms with E-state index in [1.807, 2.05) is 0 Å². The molecule has 2 heterocycles. The number of ether oxygens (including phenoxy) is 4. The van der Waals surface area contributed by atoms with Crippen molar-refractivity contribution in [3.8, 4) is 0 Å². The Bertz CT molecular complexity index is 1340. The number of fused-ring (bicyclic) bond motifs is 10. The predicted molar refractivity (Wildman–Crippen MR) is 213 cm³/mol. The van der Waals surface area contributed by atoms with Gasteiger partial charge in [-0.25, -0.2) is 0 Å². The van der Waals surface area contributed by atoms with Crippen LogP contribution in [0.2, 0.25) is 0 Å². The number of carbonyl (C=O) groups is 2. The van der Waals surface area contributed by atoms with Gasteiger partial charge in [0.1, 0.15) is 11.6 Å². The highest BCUT2D eigenvalue weighted by molar-refractivity contribution is 5.85. The third-order valence-corrected chi connectivity index (χ3v) is 20.6. The van der Waals surface area contributed by atoms with E-state index in [2.05, 4.69) is 27.7 Å². The molecule has 8 saturated carbocycles. The average Bonchev–Trinajstić information content (AvgIpc) is 3.69. The van der Waals surface area contributed by atoms with Crippen LogP contribution in [0.5, 0.6) is 0 Å². The first-order chi connectivity index (χ1) is 26.5. The van der Waals surface area contributed by atoms with Crippen molar-refractivity contribution in [2.75, 3.05) is 13.2 Å². The van der Waals surface area contributed by atoms with Crippen LogP contribution in [0.25, 0.3) is 0 Å². The van der Waals surface area contributed by atoms with Gasteiger partial charge in [0.15, 0.2) is 12.6 Å². The molecule has 6 nitrogen and oxygen atoms in total. The Balaban J connectivity index is 0.820. The molecule has 10 rings (SSSR count). The van der Waals surface area contributed by atoms with E-state index >= 15 is 0 Å². The van der Waals surface area contributed by atoms with Gasteiger partial charge in [0.25, 0.3) is 0 Å². The fourth-order valence-corrected chi connectivity index (χ4v) is 17.6. The van der Waals surface area contributed by atoms with Crippen LogP contribution >= 0.6 is 0 Å². The van der Waals surface area contributed by atoms with Crippen molar-refractivity contribution >= 4 is 11.6 Å². The lowest BCUT2D eigenvalue weighted by Gasteiger charge is -2.62. The maximum Gasteiger partial charge on any atom is 0.157 e. The Morgan fingerprint density at radius 3 is 1.36 bits per heavy atom. The highest BCUT2D eigenvalue weighted by atomic mass is 16.7. The molecule has 0 aromatic rings. The van der Waals surface area contributed by atoms with Crippen molar-refractivity contribution < 1.29 is 28.5 Å². The molecule has 10 fully saturated rings. The average molecular weight is 761 g/mol. The van der Waals surface area contributed by atoms with E-state index < -0.39 is 0 Å². The molecule has 0 radical (unpaired) electrons. The molecular formula is C49H76O6. The molecule has 0 amide bonds. The number of ketones is 2. The second kappa shape index (κ2) is 14.4. The fraction of sp³-hybridized carbons (Fsp3) is 0.959. The summed E-state index contributed by atoms with van der Waals surface area (Å²) in [4.78, 5) is 28.3. The summed E-state index contributed by atoms with van der Waals surface area (Å²) < 4.78 is 25.7. The molecule has 0 aromatic heterocycles. The molecule has 0 aromatic carbocycles.